The lowest BCUT2D eigenvalue weighted by Gasteiger charge is -2.18. The number of hydrogen-bond donors (Lipinski definition) is 6. The van der Waals surface area contributed by atoms with Crippen LogP contribution in [0.2, 0.25) is 0 Å². The Bertz CT molecular complexity index is 1020. The largest absolute Gasteiger partial charge is 0.508 e. The van der Waals surface area contributed by atoms with E-state index in [9.17, 15) is 30.6 Å². The molecule has 29 heavy (non-hydrogen) atoms. The Morgan fingerprint density at radius 3 is 1.62 bits per heavy atom. The molecule has 0 fully saturated rings. The highest BCUT2D eigenvalue weighted by molar-refractivity contribution is 6.36. The highest BCUT2D eigenvalue weighted by Gasteiger charge is 2.24. The minimum absolute atomic E-state index is 0.0421. The van der Waals surface area contributed by atoms with Crippen molar-refractivity contribution in [1.29, 1.82) is 0 Å². The third-order valence-corrected chi connectivity index (χ3v) is 5.60. The third-order valence-electron chi connectivity index (χ3n) is 5.60. The number of phenols is 6. The highest BCUT2D eigenvalue weighted by Crippen LogP contribution is 2.51. The van der Waals surface area contributed by atoms with Gasteiger partial charge in [0.1, 0.15) is 19.3 Å². The Labute approximate surface area is 169 Å². The van der Waals surface area contributed by atoms with Gasteiger partial charge in [0.05, 0.1) is 5.56 Å². The second-order valence-corrected chi connectivity index (χ2v) is 7.43. The van der Waals surface area contributed by atoms with Gasteiger partial charge in [0, 0.05) is 11.1 Å². The quantitative estimate of drug-likeness (QED) is 0.226. The molecule has 0 unspecified atom stereocenters. The van der Waals surface area contributed by atoms with Gasteiger partial charge in [0.25, 0.3) is 0 Å². The summed E-state index contributed by atoms with van der Waals surface area (Å²) in [5, 5.41) is 61.6. The summed E-state index contributed by atoms with van der Waals surface area (Å²) in [5.41, 5.74) is 4.38. The third kappa shape index (κ3) is 2.99. The van der Waals surface area contributed by atoms with Gasteiger partial charge >= 0.3 is 0 Å². The molecular weight excluding hydrogens is 371 g/mol. The van der Waals surface area contributed by atoms with E-state index in [-0.39, 0.29) is 28.2 Å². The molecule has 0 radical (unpaired) electrons. The highest BCUT2D eigenvalue weighted by atomic mass is 16.3. The van der Waals surface area contributed by atoms with E-state index in [1.807, 2.05) is 13.8 Å². The molecule has 0 aliphatic carbocycles. The van der Waals surface area contributed by atoms with Crippen molar-refractivity contribution < 1.29 is 30.6 Å². The lowest BCUT2D eigenvalue weighted by molar-refractivity contribution is 0.345. The smallest absolute Gasteiger partial charge is 0.204 e. The summed E-state index contributed by atoms with van der Waals surface area (Å²) < 4.78 is 0. The van der Waals surface area contributed by atoms with Gasteiger partial charge in [-0.1, -0.05) is 12.1 Å². The predicted octanol–water partition coefficient (Wildman–Crippen LogP) is 2.75. The molecule has 0 aliphatic rings. The first-order chi connectivity index (χ1) is 13.5. The summed E-state index contributed by atoms with van der Waals surface area (Å²) in [7, 11) is 1.77. The van der Waals surface area contributed by atoms with E-state index >= 15 is 0 Å². The maximum absolute atomic E-state index is 10.7. The molecule has 0 aromatic heterocycles. The standard InChI is InChI=1S/C22H23BO6/c1-8-5-12(14-11(4)18(25)21(28)22(29)20(14)27)7-13(6-8)15-17(24)10(3)9(2)16(23)19(15)26/h5-7,24-29H,23H2,1-4H3. The summed E-state index contributed by atoms with van der Waals surface area (Å²) in [4.78, 5) is 0. The van der Waals surface area contributed by atoms with Crippen molar-refractivity contribution in [3.8, 4) is 56.8 Å². The SMILES string of the molecule is Bc1c(C)c(C)c(O)c(-c2cc(C)cc(-c3c(C)c(O)c(O)c(O)c3O)c2)c1O. The van der Waals surface area contributed by atoms with Crippen LogP contribution in [0.5, 0.6) is 34.5 Å². The molecule has 7 heteroatoms. The maximum Gasteiger partial charge on any atom is 0.204 e. The summed E-state index contributed by atoms with van der Waals surface area (Å²) >= 11 is 0. The lowest BCUT2D eigenvalue weighted by Crippen LogP contribution is -2.11. The molecule has 6 N–H and O–H groups in total. The Morgan fingerprint density at radius 2 is 1.03 bits per heavy atom. The topological polar surface area (TPSA) is 121 Å². The molecule has 0 amide bonds. The van der Waals surface area contributed by atoms with Crippen LogP contribution < -0.4 is 5.46 Å². The van der Waals surface area contributed by atoms with Crippen LogP contribution >= 0.6 is 0 Å². The number of hydrogen-bond acceptors (Lipinski definition) is 6. The fourth-order valence-corrected chi connectivity index (χ4v) is 3.64. The molecule has 0 saturated heterocycles. The van der Waals surface area contributed by atoms with E-state index in [0.717, 1.165) is 11.1 Å². The minimum Gasteiger partial charge on any atom is -0.508 e. The zero-order chi connectivity index (χ0) is 21.8. The van der Waals surface area contributed by atoms with Gasteiger partial charge in [-0.2, -0.15) is 0 Å². The molecule has 150 valence electrons. The van der Waals surface area contributed by atoms with Crippen molar-refractivity contribution in [2.75, 3.05) is 0 Å². The number of aromatic hydroxyl groups is 6. The Hall–Kier alpha value is -3.48. The first-order valence-corrected chi connectivity index (χ1v) is 9.07. The zero-order valence-corrected chi connectivity index (χ0v) is 16.9. The Morgan fingerprint density at radius 1 is 0.517 bits per heavy atom. The molecule has 6 nitrogen and oxygen atoms in total. The van der Waals surface area contributed by atoms with Crippen LogP contribution in [0.3, 0.4) is 0 Å². The van der Waals surface area contributed by atoms with Crippen LogP contribution in [-0.2, 0) is 0 Å². The van der Waals surface area contributed by atoms with Crippen molar-refractivity contribution in [3.05, 3.63) is 40.5 Å². The van der Waals surface area contributed by atoms with Crippen LogP contribution in [0.1, 0.15) is 22.3 Å². The van der Waals surface area contributed by atoms with E-state index in [2.05, 4.69) is 0 Å². The molecule has 0 bridgehead atoms. The normalized spacial score (nSPS) is 11.0. The second kappa shape index (κ2) is 6.85. The van der Waals surface area contributed by atoms with Gasteiger partial charge in [0.15, 0.2) is 11.5 Å². The number of phenolic OH excluding ortho intramolecular Hbond substituents is 6. The van der Waals surface area contributed by atoms with Crippen LogP contribution in [0.15, 0.2) is 18.2 Å². The van der Waals surface area contributed by atoms with Gasteiger partial charge in [-0.15, -0.1) is 0 Å². The minimum atomic E-state index is -0.820. The van der Waals surface area contributed by atoms with Crippen molar-refractivity contribution in [2.24, 2.45) is 0 Å². The van der Waals surface area contributed by atoms with Gasteiger partial charge < -0.3 is 30.6 Å². The molecule has 3 rings (SSSR count). The van der Waals surface area contributed by atoms with Gasteiger partial charge in [-0.05, 0) is 67.0 Å². The number of benzene rings is 3. The van der Waals surface area contributed by atoms with Gasteiger partial charge in [0.2, 0.25) is 11.5 Å². The molecule has 3 aromatic rings. The molecule has 0 spiro atoms. The molecule has 3 aromatic carbocycles. The molecule has 0 atom stereocenters. The fourth-order valence-electron chi connectivity index (χ4n) is 3.64. The fraction of sp³-hybridized carbons (Fsp3) is 0.182. The zero-order valence-electron chi connectivity index (χ0n) is 16.9. The van der Waals surface area contributed by atoms with Crippen LogP contribution in [0.25, 0.3) is 22.3 Å². The van der Waals surface area contributed by atoms with E-state index < -0.39 is 23.0 Å². The van der Waals surface area contributed by atoms with E-state index in [0.29, 0.717) is 22.2 Å². The van der Waals surface area contributed by atoms with Crippen LogP contribution in [0.4, 0.5) is 0 Å². The van der Waals surface area contributed by atoms with Crippen LogP contribution in [-0.4, -0.2) is 38.5 Å². The molecule has 0 aliphatic heterocycles. The Balaban J connectivity index is 2.37. The van der Waals surface area contributed by atoms with E-state index in [1.165, 1.54) is 6.92 Å². The first kappa shape index (κ1) is 20.3. The van der Waals surface area contributed by atoms with Crippen LogP contribution in [0, 0.1) is 27.7 Å². The number of aryl methyl sites for hydroxylation is 1. The first-order valence-electron chi connectivity index (χ1n) is 9.07. The Kier molecular flexibility index (Phi) is 4.78. The van der Waals surface area contributed by atoms with E-state index in [1.54, 1.807) is 33.0 Å². The molecule has 0 saturated carbocycles. The van der Waals surface area contributed by atoms with Gasteiger partial charge in [-0.3, -0.25) is 0 Å². The van der Waals surface area contributed by atoms with Crippen molar-refractivity contribution >= 4 is 13.3 Å². The summed E-state index contributed by atoms with van der Waals surface area (Å²) in [5.74, 6) is -2.81. The monoisotopic (exact) mass is 394 g/mol. The molecular formula is C22H23BO6. The summed E-state index contributed by atoms with van der Waals surface area (Å²) in [6.07, 6.45) is 0. The maximum atomic E-state index is 10.7. The number of rotatable bonds is 2. The average Bonchev–Trinajstić information content (AvgIpc) is 2.67. The predicted molar refractivity (Wildman–Crippen MR) is 114 cm³/mol. The molecule has 0 heterocycles. The van der Waals surface area contributed by atoms with Gasteiger partial charge in [-0.25, -0.2) is 0 Å². The summed E-state index contributed by atoms with van der Waals surface area (Å²) in [6.45, 7) is 6.89. The average molecular weight is 394 g/mol. The van der Waals surface area contributed by atoms with Crippen molar-refractivity contribution in [1.82, 2.24) is 0 Å². The summed E-state index contributed by atoms with van der Waals surface area (Å²) in [6, 6.07) is 5.14. The second-order valence-electron chi connectivity index (χ2n) is 7.43. The van der Waals surface area contributed by atoms with Crippen molar-refractivity contribution in [2.45, 2.75) is 27.7 Å². The van der Waals surface area contributed by atoms with Crippen molar-refractivity contribution in [3.63, 3.8) is 0 Å². The lowest BCUT2D eigenvalue weighted by atomic mass is 9.82. The van der Waals surface area contributed by atoms with E-state index in [4.69, 9.17) is 0 Å².